The Morgan fingerprint density at radius 2 is 1.18 bits per heavy atom. The van der Waals surface area contributed by atoms with Gasteiger partial charge in [0.15, 0.2) is 6.04 Å². The summed E-state index contributed by atoms with van der Waals surface area (Å²) >= 11 is 0. The number of aliphatic hydroxyl groups is 1. The lowest BCUT2D eigenvalue weighted by molar-refractivity contribution is -0.147. The molecule has 0 aliphatic carbocycles. The van der Waals surface area contributed by atoms with Crippen molar-refractivity contribution >= 4 is 25.7 Å². The van der Waals surface area contributed by atoms with Crippen molar-refractivity contribution in [2.45, 2.75) is 135 Å². The Morgan fingerprint density at radius 1 is 0.673 bits per heavy atom. The number of esters is 1. The zero-order chi connectivity index (χ0) is 36.4. The lowest BCUT2D eigenvalue weighted by Gasteiger charge is -2.18. The molecule has 0 aliphatic rings. The number of aliphatic carboxylic acids is 1. The second-order valence-corrected chi connectivity index (χ2v) is 13.1. The van der Waals surface area contributed by atoms with Crippen molar-refractivity contribution < 1.29 is 47.8 Å². The monoisotopic (exact) mass is 711 g/mol. The average molecular weight is 712 g/mol. The number of phosphoric acid groups is 1. The summed E-state index contributed by atoms with van der Waals surface area (Å²) in [4.78, 5) is 45.5. The molecule has 0 aromatic carbocycles. The Labute approximate surface area is 294 Å². The maximum absolute atomic E-state index is 12.2. The molecule has 0 aromatic rings. The first-order valence-electron chi connectivity index (χ1n) is 17.8. The number of phosphoric ester groups is 1. The van der Waals surface area contributed by atoms with Crippen molar-refractivity contribution in [2.24, 2.45) is 0 Å². The molecule has 11 nitrogen and oxygen atoms in total. The maximum Gasteiger partial charge on any atom is 0.472 e. The quantitative estimate of drug-likeness (QED) is 0.0232. The minimum absolute atomic E-state index is 0.0648. The van der Waals surface area contributed by atoms with E-state index < -0.39 is 57.6 Å². The first kappa shape index (κ1) is 46.2. The Morgan fingerprint density at radius 3 is 1.73 bits per heavy atom. The second kappa shape index (κ2) is 32.4. The highest BCUT2D eigenvalue weighted by Crippen LogP contribution is 2.43. The van der Waals surface area contributed by atoms with Crippen molar-refractivity contribution in [3.8, 4) is 0 Å². The van der Waals surface area contributed by atoms with Gasteiger partial charge >= 0.3 is 19.8 Å². The number of carboxylic acid groups (broad SMARTS) is 1. The van der Waals surface area contributed by atoms with E-state index in [-0.39, 0.29) is 12.8 Å². The number of rotatable bonds is 32. The SMILES string of the molecule is CC/C=C\C/C=C\C/C=C\C/C=C\C/C=C\CCCC(=O)NC(COP(=O)(O)OCC(O)COC(=O)CCCCCCCCCC)C(=O)O. The molecule has 0 saturated heterocycles. The van der Waals surface area contributed by atoms with Gasteiger partial charge in [0.2, 0.25) is 5.91 Å². The molecule has 0 aromatic heterocycles. The third-order valence-electron chi connectivity index (χ3n) is 7.07. The molecule has 0 spiro atoms. The summed E-state index contributed by atoms with van der Waals surface area (Å²) in [5.74, 6) is -2.47. The summed E-state index contributed by atoms with van der Waals surface area (Å²) in [6.07, 6.45) is 34.3. The van der Waals surface area contributed by atoms with Crippen LogP contribution in [0, 0.1) is 0 Å². The molecule has 0 rings (SSSR count). The predicted molar refractivity (Wildman–Crippen MR) is 194 cm³/mol. The average Bonchev–Trinajstić information content (AvgIpc) is 3.07. The van der Waals surface area contributed by atoms with Gasteiger partial charge in [-0.25, -0.2) is 9.36 Å². The van der Waals surface area contributed by atoms with E-state index in [1.165, 1.54) is 25.7 Å². The van der Waals surface area contributed by atoms with E-state index >= 15 is 0 Å². The highest BCUT2D eigenvalue weighted by atomic mass is 31.2. The van der Waals surface area contributed by atoms with Crippen molar-refractivity contribution in [3.63, 3.8) is 0 Å². The molecule has 0 bridgehead atoms. The third kappa shape index (κ3) is 32.2. The van der Waals surface area contributed by atoms with Gasteiger partial charge < -0.3 is 25.2 Å². The molecular formula is C37H62NO10P. The van der Waals surface area contributed by atoms with Crippen LogP contribution in [0.3, 0.4) is 0 Å². The number of carboxylic acids is 1. The minimum atomic E-state index is -4.76. The van der Waals surface area contributed by atoms with E-state index in [1.54, 1.807) is 0 Å². The van der Waals surface area contributed by atoms with Crippen molar-refractivity contribution in [3.05, 3.63) is 60.8 Å². The van der Waals surface area contributed by atoms with E-state index in [9.17, 15) is 34.1 Å². The van der Waals surface area contributed by atoms with Crippen LogP contribution in [0.2, 0.25) is 0 Å². The number of amides is 1. The zero-order valence-corrected chi connectivity index (χ0v) is 30.6. The number of carbonyl (C=O) groups excluding carboxylic acids is 2. The summed E-state index contributed by atoms with van der Waals surface area (Å²) in [6.45, 7) is 2.35. The fraction of sp³-hybridized carbons (Fsp3) is 0.649. The second-order valence-electron chi connectivity index (χ2n) is 11.7. The molecule has 0 fully saturated rings. The van der Waals surface area contributed by atoms with Gasteiger partial charge in [-0.3, -0.25) is 18.6 Å². The fourth-order valence-corrected chi connectivity index (χ4v) is 5.06. The molecule has 0 heterocycles. The molecule has 0 aliphatic heterocycles. The summed E-state index contributed by atoms with van der Waals surface area (Å²) in [6, 6.07) is -1.58. The van der Waals surface area contributed by atoms with E-state index in [0.29, 0.717) is 19.3 Å². The van der Waals surface area contributed by atoms with Crippen LogP contribution in [0.4, 0.5) is 0 Å². The van der Waals surface area contributed by atoms with Crippen LogP contribution in [0.5, 0.6) is 0 Å². The largest absolute Gasteiger partial charge is 0.480 e. The highest BCUT2D eigenvalue weighted by Gasteiger charge is 2.28. The molecule has 0 radical (unpaired) electrons. The summed E-state index contributed by atoms with van der Waals surface area (Å²) in [5, 5.41) is 21.6. The maximum atomic E-state index is 12.2. The molecule has 49 heavy (non-hydrogen) atoms. The first-order chi connectivity index (χ1) is 23.6. The Balaban J connectivity index is 4.12. The standard InChI is InChI=1S/C37H62NO10P/c1-3-5-7-9-11-13-14-15-16-17-18-19-20-21-22-24-26-28-35(40)38-34(37(42)43)32-48-49(44,45)47-31-33(39)30-46-36(41)29-27-25-23-12-10-8-6-4-2/h5,7,11,13,15-16,18-19,21-22,33-34,39H,3-4,6,8-10,12,14,17,20,23-32H2,1-2H3,(H,38,40)(H,42,43)(H,44,45)/b7-5-,13-11-,16-15-,19-18-,22-21-. The fourth-order valence-electron chi connectivity index (χ4n) is 4.29. The van der Waals surface area contributed by atoms with E-state index in [2.05, 4.69) is 67.8 Å². The van der Waals surface area contributed by atoms with E-state index in [0.717, 1.165) is 51.4 Å². The minimum Gasteiger partial charge on any atom is -0.480 e. The molecular weight excluding hydrogens is 649 g/mol. The third-order valence-corrected chi connectivity index (χ3v) is 8.02. The van der Waals surface area contributed by atoms with Crippen molar-refractivity contribution in [2.75, 3.05) is 19.8 Å². The van der Waals surface area contributed by atoms with E-state index in [1.807, 2.05) is 12.2 Å². The Kier molecular flexibility index (Phi) is 30.5. The van der Waals surface area contributed by atoms with Gasteiger partial charge in [-0.1, -0.05) is 120 Å². The normalized spacial score (nSPS) is 14.7. The number of unbranched alkanes of at least 4 members (excludes halogenated alkanes) is 8. The summed E-state index contributed by atoms with van der Waals surface area (Å²) < 4.78 is 26.6. The van der Waals surface area contributed by atoms with Gasteiger partial charge in [0.25, 0.3) is 0 Å². The summed E-state index contributed by atoms with van der Waals surface area (Å²) in [7, 11) is -4.76. The molecule has 12 heteroatoms. The van der Waals surface area contributed by atoms with E-state index in [4.69, 9.17) is 13.8 Å². The Bertz CT molecular complexity index is 1070. The molecule has 4 N–H and O–H groups in total. The molecule has 3 atom stereocenters. The smallest absolute Gasteiger partial charge is 0.472 e. The van der Waals surface area contributed by atoms with Gasteiger partial charge in [-0.05, 0) is 51.4 Å². The zero-order valence-electron chi connectivity index (χ0n) is 29.7. The molecule has 280 valence electrons. The lowest BCUT2D eigenvalue weighted by atomic mass is 10.1. The topological polar surface area (TPSA) is 169 Å². The predicted octanol–water partition coefficient (Wildman–Crippen LogP) is 8.05. The Hall–Kier alpha value is -2.82. The number of aliphatic hydroxyl groups excluding tert-OH is 1. The van der Waals surface area contributed by atoms with Gasteiger partial charge in [0, 0.05) is 12.8 Å². The van der Waals surface area contributed by atoms with Crippen LogP contribution in [-0.2, 0) is 32.7 Å². The van der Waals surface area contributed by atoms with Crippen molar-refractivity contribution in [1.29, 1.82) is 0 Å². The first-order valence-corrected chi connectivity index (χ1v) is 19.3. The molecule has 1 amide bonds. The van der Waals surface area contributed by atoms with Crippen LogP contribution in [0.1, 0.15) is 123 Å². The lowest BCUT2D eigenvalue weighted by Crippen LogP contribution is -2.43. The highest BCUT2D eigenvalue weighted by molar-refractivity contribution is 7.47. The number of carbonyl (C=O) groups is 3. The number of hydrogen-bond donors (Lipinski definition) is 4. The van der Waals surface area contributed by atoms with Gasteiger partial charge in [-0.15, -0.1) is 0 Å². The van der Waals surface area contributed by atoms with Crippen LogP contribution in [-0.4, -0.2) is 64.9 Å². The number of ether oxygens (including phenoxy) is 1. The van der Waals surface area contributed by atoms with Crippen LogP contribution >= 0.6 is 7.82 Å². The van der Waals surface area contributed by atoms with Gasteiger partial charge in [0.1, 0.15) is 12.7 Å². The molecule has 0 saturated carbocycles. The number of allylic oxidation sites excluding steroid dienone is 10. The van der Waals surface area contributed by atoms with Crippen LogP contribution in [0.15, 0.2) is 60.8 Å². The van der Waals surface area contributed by atoms with Crippen LogP contribution in [0.25, 0.3) is 0 Å². The van der Waals surface area contributed by atoms with Crippen LogP contribution < -0.4 is 5.32 Å². The van der Waals surface area contributed by atoms with Crippen molar-refractivity contribution in [1.82, 2.24) is 5.32 Å². The number of nitrogens with one attached hydrogen (secondary N) is 1. The number of hydrogen-bond acceptors (Lipinski definition) is 8. The molecule has 3 unspecified atom stereocenters. The van der Waals surface area contributed by atoms with Gasteiger partial charge in [-0.2, -0.15) is 0 Å². The van der Waals surface area contributed by atoms with Gasteiger partial charge in [0.05, 0.1) is 13.2 Å². The summed E-state index contributed by atoms with van der Waals surface area (Å²) in [5.41, 5.74) is 0.